The van der Waals surface area contributed by atoms with Gasteiger partial charge in [-0.3, -0.25) is 19.3 Å². The van der Waals surface area contributed by atoms with Gasteiger partial charge in [0.15, 0.2) is 6.61 Å². The van der Waals surface area contributed by atoms with Crippen molar-refractivity contribution in [2.24, 2.45) is 0 Å². The van der Waals surface area contributed by atoms with Gasteiger partial charge in [0.1, 0.15) is 5.75 Å². The van der Waals surface area contributed by atoms with Crippen LogP contribution in [0.5, 0.6) is 5.75 Å². The molecule has 0 spiro atoms. The number of fused-ring (bicyclic) bond motifs is 1. The molecule has 1 aliphatic heterocycles. The van der Waals surface area contributed by atoms with E-state index >= 15 is 0 Å². The van der Waals surface area contributed by atoms with Crippen LogP contribution in [-0.4, -0.2) is 62.1 Å². The smallest absolute Gasteiger partial charge is 0.338 e. The molecule has 1 heterocycles. The molecule has 2 aromatic rings. The summed E-state index contributed by atoms with van der Waals surface area (Å²) in [5, 5.41) is 2.62. The van der Waals surface area contributed by atoms with Crippen LogP contribution in [0.15, 0.2) is 42.5 Å². The maximum absolute atomic E-state index is 12.5. The molecule has 1 N–H and O–H groups in total. The van der Waals surface area contributed by atoms with Crippen LogP contribution in [-0.2, 0) is 14.3 Å². The highest BCUT2D eigenvalue weighted by molar-refractivity contribution is 6.22. The minimum atomic E-state index is -0.771. The largest absolute Gasteiger partial charge is 0.494 e. The summed E-state index contributed by atoms with van der Waals surface area (Å²) >= 11 is 0. The molecule has 0 atom stereocenters. The SMILES string of the molecule is CCOc1ccc(NC(=O)COC(=O)c2ccc3c(c2)C(=O)N(CCCOC)C3=O)cc1. The van der Waals surface area contributed by atoms with Crippen molar-refractivity contribution in [2.75, 3.05) is 38.8 Å². The van der Waals surface area contributed by atoms with Crippen LogP contribution in [0.4, 0.5) is 5.69 Å². The number of amides is 3. The van der Waals surface area contributed by atoms with Gasteiger partial charge in [-0.15, -0.1) is 0 Å². The highest BCUT2D eigenvalue weighted by atomic mass is 16.5. The van der Waals surface area contributed by atoms with Crippen molar-refractivity contribution in [3.63, 3.8) is 0 Å². The molecule has 0 radical (unpaired) electrons. The normalized spacial score (nSPS) is 12.5. The van der Waals surface area contributed by atoms with E-state index in [4.69, 9.17) is 14.2 Å². The molecule has 9 heteroatoms. The van der Waals surface area contributed by atoms with Gasteiger partial charge in [0, 0.05) is 25.9 Å². The Hall–Kier alpha value is -3.72. The minimum absolute atomic E-state index is 0.0810. The van der Waals surface area contributed by atoms with E-state index in [1.165, 1.54) is 18.2 Å². The highest BCUT2D eigenvalue weighted by Gasteiger charge is 2.35. The Morgan fingerprint density at radius 2 is 1.72 bits per heavy atom. The van der Waals surface area contributed by atoms with E-state index in [2.05, 4.69) is 5.32 Å². The Balaban J connectivity index is 1.57. The molecule has 3 amide bonds. The Kier molecular flexibility index (Phi) is 7.56. The van der Waals surface area contributed by atoms with E-state index in [1.54, 1.807) is 31.4 Å². The zero-order valence-electron chi connectivity index (χ0n) is 17.9. The van der Waals surface area contributed by atoms with E-state index in [0.29, 0.717) is 31.1 Å². The van der Waals surface area contributed by atoms with Gasteiger partial charge in [-0.25, -0.2) is 4.79 Å². The number of nitrogens with zero attached hydrogens (tertiary/aromatic N) is 1. The van der Waals surface area contributed by atoms with Crippen molar-refractivity contribution >= 4 is 29.4 Å². The number of carbonyl (C=O) groups excluding carboxylic acids is 4. The fraction of sp³-hybridized carbons (Fsp3) is 0.304. The summed E-state index contributed by atoms with van der Waals surface area (Å²) in [6, 6.07) is 10.9. The van der Waals surface area contributed by atoms with Gasteiger partial charge in [0.25, 0.3) is 17.7 Å². The summed E-state index contributed by atoms with van der Waals surface area (Å²) in [5.41, 5.74) is 0.986. The average molecular weight is 440 g/mol. The van der Waals surface area contributed by atoms with Gasteiger partial charge in [0.2, 0.25) is 0 Å². The number of ether oxygens (including phenoxy) is 3. The number of benzene rings is 2. The number of hydrogen-bond donors (Lipinski definition) is 1. The maximum Gasteiger partial charge on any atom is 0.338 e. The van der Waals surface area contributed by atoms with Crippen molar-refractivity contribution in [3.05, 3.63) is 59.2 Å². The molecule has 0 aliphatic carbocycles. The van der Waals surface area contributed by atoms with Crippen LogP contribution >= 0.6 is 0 Å². The van der Waals surface area contributed by atoms with E-state index in [1.807, 2.05) is 6.92 Å². The van der Waals surface area contributed by atoms with Crippen LogP contribution in [0, 0.1) is 0 Å². The van der Waals surface area contributed by atoms with Crippen LogP contribution in [0.2, 0.25) is 0 Å². The highest BCUT2D eigenvalue weighted by Crippen LogP contribution is 2.24. The van der Waals surface area contributed by atoms with Crippen molar-refractivity contribution in [1.82, 2.24) is 4.90 Å². The first kappa shape index (κ1) is 23.0. The van der Waals surface area contributed by atoms with Crippen LogP contribution in [0.3, 0.4) is 0 Å². The fourth-order valence-electron chi connectivity index (χ4n) is 3.20. The first-order valence-electron chi connectivity index (χ1n) is 10.1. The number of nitrogens with one attached hydrogen (secondary N) is 1. The first-order valence-corrected chi connectivity index (χ1v) is 10.1. The van der Waals surface area contributed by atoms with Gasteiger partial charge >= 0.3 is 5.97 Å². The molecule has 3 rings (SSSR count). The van der Waals surface area contributed by atoms with E-state index in [-0.39, 0.29) is 23.2 Å². The number of rotatable bonds is 10. The molecule has 0 unspecified atom stereocenters. The molecular weight excluding hydrogens is 416 g/mol. The topological polar surface area (TPSA) is 111 Å². The number of imide groups is 1. The predicted molar refractivity (Wildman–Crippen MR) is 115 cm³/mol. The second-order valence-electron chi connectivity index (χ2n) is 6.95. The number of methoxy groups -OCH3 is 1. The van der Waals surface area contributed by atoms with Crippen LogP contribution in [0.25, 0.3) is 0 Å². The Morgan fingerprint density at radius 1 is 1.00 bits per heavy atom. The molecule has 1 aliphatic rings. The standard InChI is InChI=1S/C23H24N2O7/c1-3-31-17-8-6-16(7-9-17)24-20(26)14-32-23(29)15-5-10-18-19(13-15)22(28)25(21(18)27)11-4-12-30-2/h5-10,13H,3-4,11-12,14H2,1-2H3,(H,24,26). The van der Waals surface area contributed by atoms with Gasteiger partial charge in [-0.2, -0.15) is 0 Å². The van der Waals surface area contributed by atoms with Gasteiger partial charge in [-0.1, -0.05) is 0 Å². The summed E-state index contributed by atoms with van der Waals surface area (Å²) in [6.07, 6.45) is 0.514. The third-order valence-electron chi connectivity index (χ3n) is 4.72. The lowest BCUT2D eigenvalue weighted by molar-refractivity contribution is -0.119. The monoisotopic (exact) mass is 440 g/mol. The molecule has 0 bridgehead atoms. The zero-order chi connectivity index (χ0) is 23.1. The van der Waals surface area contributed by atoms with E-state index in [0.717, 1.165) is 4.90 Å². The fourth-order valence-corrected chi connectivity index (χ4v) is 3.20. The van der Waals surface area contributed by atoms with Crippen LogP contribution < -0.4 is 10.1 Å². The Labute approximate surface area is 185 Å². The van der Waals surface area contributed by atoms with Crippen molar-refractivity contribution in [3.8, 4) is 5.75 Å². The lowest BCUT2D eigenvalue weighted by atomic mass is 10.1. The molecule has 2 aromatic carbocycles. The van der Waals surface area contributed by atoms with Crippen molar-refractivity contribution in [1.29, 1.82) is 0 Å². The number of esters is 1. The van der Waals surface area contributed by atoms with Crippen molar-refractivity contribution in [2.45, 2.75) is 13.3 Å². The number of hydrogen-bond acceptors (Lipinski definition) is 7. The third-order valence-corrected chi connectivity index (χ3v) is 4.72. The zero-order valence-corrected chi connectivity index (χ0v) is 17.9. The minimum Gasteiger partial charge on any atom is -0.494 e. The van der Waals surface area contributed by atoms with E-state index in [9.17, 15) is 19.2 Å². The second kappa shape index (κ2) is 10.5. The molecule has 168 valence electrons. The summed E-state index contributed by atoms with van der Waals surface area (Å²) in [5.74, 6) is -1.48. The lowest BCUT2D eigenvalue weighted by Gasteiger charge is -2.12. The first-order chi connectivity index (χ1) is 15.4. The Bertz CT molecular complexity index is 1020. The summed E-state index contributed by atoms with van der Waals surface area (Å²) in [7, 11) is 1.54. The molecule has 32 heavy (non-hydrogen) atoms. The predicted octanol–water partition coefficient (Wildman–Crippen LogP) is 2.51. The van der Waals surface area contributed by atoms with Crippen molar-refractivity contribution < 1.29 is 33.4 Å². The van der Waals surface area contributed by atoms with E-state index < -0.39 is 30.3 Å². The van der Waals surface area contributed by atoms with Crippen LogP contribution in [0.1, 0.15) is 44.4 Å². The van der Waals surface area contributed by atoms with Gasteiger partial charge in [-0.05, 0) is 55.8 Å². The number of carbonyl (C=O) groups is 4. The molecule has 9 nitrogen and oxygen atoms in total. The molecular formula is C23H24N2O7. The lowest BCUT2D eigenvalue weighted by Crippen LogP contribution is -2.31. The maximum atomic E-state index is 12.5. The second-order valence-corrected chi connectivity index (χ2v) is 6.95. The third kappa shape index (κ3) is 5.30. The molecule has 0 aromatic heterocycles. The van der Waals surface area contributed by atoms with Gasteiger partial charge in [0.05, 0.1) is 23.3 Å². The summed E-state index contributed by atoms with van der Waals surface area (Å²) < 4.78 is 15.3. The molecule has 0 fully saturated rings. The molecule has 0 saturated heterocycles. The average Bonchev–Trinajstić information content (AvgIpc) is 3.03. The summed E-state index contributed by atoms with van der Waals surface area (Å²) in [4.78, 5) is 50.5. The number of anilines is 1. The van der Waals surface area contributed by atoms with Gasteiger partial charge < -0.3 is 19.5 Å². The Morgan fingerprint density at radius 3 is 2.41 bits per heavy atom. The quantitative estimate of drug-likeness (QED) is 0.343. The molecule has 0 saturated carbocycles. The summed E-state index contributed by atoms with van der Waals surface area (Å²) in [6.45, 7) is 2.56.